The van der Waals surface area contributed by atoms with Crippen molar-refractivity contribution in [3.05, 3.63) is 47.1 Å². The molecule has 0 fully saturated rings. The number of nitrogens with one attached hydrogen (secondary N) is 1. The van der Waals surface area contributed by atoms with Crippen LogP contribution in [0.15, 0.2) is 41.5 Å². The van der Waals surface area contributed by atoms with Gasteiger partial charge < -0.3 is 45.7 Å². The van der Waals surface area contributed by atoms with E-state index in [2.05, 4.69) is 5.32 Å². The number of ether oxygens (including phenoxy) is 3. The molecular formula is C28H40N2O9. The van der Waals surface area contributed by atoms with Crippen LogP contribution in [0.2, 0.25) is 0 Å². The van der Waals surface area contributed by atoms with Crippen molar-refractivity contribution in [2.24, 2.45) is 17.6 Å². The van der Waals surface area contributed by atoms with Gasteiger partial charge in [-0.05, 0) is 38.2 Å². The molecule has 216 valence electrons. The highest BCUT2D eigenvalue weighted by Crippen LogP contribution is 2.43. The summed E-state index contributed by atoms with van der Waals surface area (Å²) in [5, 5.41) is 45.2. The van der Waals surface area contributed by atoms with Gasteiger partial charge in [0.15, 0.2) is 17.6 Å². The second-order valence-electron chi connectivity index (χ2n) is 9.95. The van der Waals surface area contributed by atoms with E-state index < -0.39 is 53.8 Å². The second-order valence-corrected chi connectivity index (χ2v) is 9.95. The number of phenolic OH excluding ortho intramolecular Hbond substituents is 3. The minimum Gasteiger partial charge on any atom is -0.505 e. The van der Waals surface area contributed by atoms with Crippen molar-refractivity contribution < 1.29 is 44.2 Å². The van der Waals surface area contributed by atoms with Crippen molar-refractivity contribution in [3.8, 4) is 17.2 Å². The maximum absolute atomic E-state index is 12.8. The number of hydrogen-bond donors (Lipinski definition) is 6. The van der Waals surface area contributed by atoms with E-state index in [0.29, 0.717) is 12.0 Å². The minimum atomic E-state index is -1.00. The zero-order valence-electron chi connectivity index (χ0n) is 23.2. The number of aliphatic hydroxyl groups excluding tert-OH is 1. The van der Waals surface area contributed by atoms with Crippen LogP contribution in [0, 0.1) is 11.8 Å². The van der Waals surface area contributed by atoms with Gasteiger partial charge in [0.05, 0.1) is 17.9 Å². The van der Waals surface area contributed by atoms with Gasteiger partial charge in [-0.25, -0.2) is 4.79 Å². The summed E-state index contributed by atoms with van der Waals surface area (Å²) >= 11 is 0. The number of amides is 2. The van der Waals surface area contributed by atoms with E-state index in [-0.39, 0.29) is 34.9 Å². The maximum Gasteiger partial charge on any atom is 0.405 e. The Morgan fingerprint density at radius 3 is 2.36 bits per heavy atom. The van der Waals surface area contributed by atoms with Crippen molar-refractivity contribution in [2.75, 3.05) is 19.5 Å². The Hall–Kier alpha value is -3.54. The molecule has 2 amide bonds. The first kappa shape index (κ1) is 31.7. The Bertz CT molecular complexity index is 1130. The van der Waals surface area contributed by atoms with Crippen LogP contribution >= 0.6 is 0 Å². The maximum atomic E-state index is 12.8. The smallest absolute Gasteiger partial charge is 0.405 e. The van der Waals surface area contributed by atoms with Gasteiger partial charge >= 0.3 is 6.09 Å². The Morgan fingerprint density at radius 2 is 1.77 bits per heavy atom. The number of nitrogens with two attached hydrogens (primary N) is 1. The average Bonchev–Trinajstić information content (AvgIpc) is 2.88. The van der Waals surface area contributed by atoms with Gasteiger partial charge in [0, 0.05) is 37.3 Å². The first-order valence-corrected chi connectivity index (χ1v) is 12.6. The molecule has 39 heavy (non-hydrogen) atoms. The molecule has 0 spiro atoms. The van der Waals surface area contributed by atoms with Crippen molar-refractivity contribution >= 4 is 17.7 Å². The third-order valence-corrected chi connectivity index (χ3v) is 6.80. The Morgan fingerprint density at radius 1 is 1.10 bits per heavy atom. The zero-order chi connectivity index (χ0) is 29.4. The molecule has 2 bridgehead atoms. The van der Waals surface area contributed by atoms with Crippen molar-refractivity contribution in [3.63, 3.8) is 0 Å². The highest BCUT2D eigenvalue weighted by atomic mass is 16.6. The predicted molar refractivity (Wildman–Crippen MR) is 145 cm³/mol. The Kier molecular flexibility index (Phi) is 11.4. The van der Waals surface area contributed by atoms with Crippen LogP contribution in [0.4, 0.5) is 10.5 Å². The summed E-state index contributed by atoms with van der Waals surface area (Å²) in [6, 6.07) is 1.06. The zero-order valence-corrected chi connectivity index (χ0v) is 23.2. The molecule has 0 saturated heterocycles. The SMILES string of the molecule is CO[C@@H]1/C=C/C=C(/C)C(=O)Nc2cc(O)c(O)c(c2O)C[C@H](C)C[C@@H](OC)[C@@H](O)[C@@H](C)/C=C(/C)[C@H]1OC(N)=O. The average molecular weight is 549 g/mol. The number of allylic oxidation sites excluding steroid dienone is 2. The number of hydrogen-bond acceptors (Lipinski definition) is 9. The second kappa shape index (κ2) is 14.0. The monoisotopic (exact) mass is 548 g/mol. The predicted octanol–water partition coefficient (Wildman–Crippen LogP) is 3.26. The number of aromatic hydroxyl groups is 3. The van der Waals surface area contributed by atoms with Gasteiger partial charge in [-0.1, -0.05) is 38.2 Å². The Balaban J connectivity index is 2.62. The van der Waals surface area contributed by atoms with Crippen LogP contribution < -0.4 is 11.1 Å². The molecule has 0 aliphatic carbocycles. The fraction of sp³-hybridized carbons (Fsp3) is 0.500. The van der Waals surface area contributed by atoms with Gasteiger partial charge in [-0.15, -0.1) is 0 Å². The van der Waals surface area contributed by atoms with Gasteiger partial charge in [0.25, 0.3) is 5.91 Å². The lowest BCUT2D eigenvalue weighted by atomic mass is 9.88. The van der Waals surface area contributed by atoms with E-state index in [1.54, 1.807) is 39.0 Å². The van der Waals surface area contributed by atoms with Crippen molar-refractivity contribution in [1.82, 2.24) is 0 Å². The fourth-order valence-electron chi connectivity index (χ4n) is 4.59. The number of benzene rings is 1. The van der Waals surface area contributed by atoms with Gasteiger partial charge in [-0.2, -0.15) is 0 Å². The first-order chi connectivity index (χ1) is 18.3. The first-order valence-electron chi connectivity index (χ1n) is 12.6. The standard InChI is InChI=1S/C28H40N2O9/c1-14-10-18-24(33)19(13-20(31)25(18)34)30-27(35)15(2)8-7-9-21(37-5)26(39-28(29)36)17(4)12-16(3)23(32)22(11-14)38-6/h7-9,12-14,16,21-23,26,31-34H,10-11H2,1-6H3,(H2,29,36)(H,30,35)/b9-7+,15-8-,17-12-/t14-,16-,21+,22+,23-,26+/m0/s1. The number of primary amides is 1. The molecule has 1 aromatic carbocycles. The van der Waals surface area contributed by atoms with E-state index in [1.807, 2.05) is 6.92 Å². The molecule has 1 aliphatic heterocycles. The number of methoxy groups -OCH3 is 2. The third kappa shape index (κ3) is 8.22. The summed E-state index contributed by atoms with van der Waals surface area (Å²) in [6.45, 7) is 6.89. The van der Waals surface area contributed by atoms with Gasteiger partial charge in [0.1, 0.15) is 11.9 Å². The lowest BCUT2D eigenvalue weighted by molar-refractivity contribution is -0.112. The van der Waals surface area contributed by atoms with E-state index in [0.717, 1.165) is 6.07 Å². The van der Waals surface area contributed by atoms with Gasteiger partial charge in [-0.3, -0.25) is 4.79 Å². The van der Waals surface area contributed by atoms with Crippen molar-refractivity contribution in [1.29, 1.82) is 0 Å². The summed E-state index contributed by atoms with van der Waals surface area (Å²) in [5.41, 5.74) is 6.12. The number of carbonyl (C=O) groups is 2. The third-order valence-electron chi connectivity index (χ3n) is 6.80. The van der Waals surface area contributed by atoms with Crippen LogP contribution in [0.25, 0.3) is 0 Å². The quantitative estimate of drug-likeness (QED) is 0.188. The summed E-state index contributed by atoms with van der Waals surface area (Å²) in [7, 11) is 2.90. The molecule has 0 radical (unpaired) electrons. The highest BCUT2D eigenvalue weighted by Gasteiger charge is 2.30. The lowest BCUT2D eigenvalue weighted by Crippen LogP contribution is -2.37. The molecule has 1 aliphatic rings. The molecule has 6 atom stereocenters. The van der Waals surface area contributed by atoms with Crippen LogP contribution in [-0.2, 0) is 25.4 Å². The fourth-order valence-corrected chi connectivity index (χ4v) is 4.59. The number of carbonyl (C=O) groups excluding carboxylic acids is 2. The van der Waals surface area contributed by atoms with Crippen LogP contribution in [0.1, 0.15) is 39.7 Å². The number of phenols is 3. The highest BCUT2D eigenvalue weighted by molar-refractivity contribution is 6.04. The van der Waals surface area contributed by atoms with E-state index in [9.17, 15) is 30.0 Å². The molecule has 1 aromatic rings. The molecule has 7 N–H and O–H groups in total. The summed E-state index contributed by atoms with van der Waals surface area (Å²) < 4.78 is 16.4. The molecule has 0 aromatic heterocycles. The normalized spacial score (nSPS) is 30.8. The summed E-state index contributed by atoms with van der Waals surface area (Å²) in [5.74, 6) is -2.62. The molecule has 11 heteroatoms. The topological polar surface area (TPSA) is 181 Å². The summed E-state index contributed by atoms with van der Waals surface area (Å²) in [6.07, 6.45) is 2.53. The summed E-state index contributed by atoms with van der Waals surface area (Å²) in [4.78, 5) is 24.5. The minimum absolute atomic E-state index is 0.0553. The molecule has 0 unspecified atom stereocenters. The van der Waals surface area contributed by atoms with Crippen LogP contribution in [0.5, 0.6) is 17.2 Å². The van der Waals surface area contributed by atoms with E-state index >= 15 is 0 Å². The van der Waals surface area contributed by atoms with Crippen LogP contribution in [0.3, 0.4) is 0 Å². The number of aliphatic hydroxyl groups is 1. The van der Waals surface area contributed by atoms with Crippen molar-refractivity contribution in [2.45, 2.75) is 65.0 Å². The molecule has 1 heterocycles. The number of anilines is 1. The van der Waals surface area contributed by atoms with E-state index in [1.165, 1.54) is 20.3 Å². The van der Waals surface area contributed by atoms with Crippen LogP contribution in [-0.4, -0.2) is 71.1 Å². The molecule has 2 rings (SSSR count). The molecule has 11 nitrogen and oxygen atoms in total. The van der Waals surface area contributed by atoms with E-state index in [4.69, 9.17) is 19.9 Å². The number of rotatable bonds is 3. The number of fused-ring (bicyclic) bond motifs is 2. The lowest BCUT2D eigenvalue weighted by Gasteiger charge is -2.29. The Labute approximate surface area is 228 Å². The largest absolute Gasteiger partial charge is 0.505 e. The molecule has 0 saturated carbocycles. The molecular weight excluding hydrogens is 508 g/mol. The van der Waals surface area contributed by atoms with Gasteiger partial charge in [0.2, 0.25) is 0 Å².